The number of amides is 1. The van der Waals surface area contributed by atoms with Gasteiger partial charge in [-0.3, -0.25) is 9.78 Å². The van der Waals surface area contributed by atoms with Crippen LogP contribution in [0.25, 0.3) is 0 Å². The Morgan fingerprint density at radius 1 is 1.53 bits per heavy atom. The summed E-state index contributed by atoms with van der Waals surface area (Å²) < 4.78 is 40.3. The zero-order valence-corrected chi connectivity index (χ0v) is 10.8. The highest BCUT2D eigenvalue weighted by Crippen LogP contribution is 2.19. The lowest BCUT2D eigenvalue weighted by atomic mass is 10.2. The fourth-order valence-corrected chi connectivity index (χ4v) is 1.33. The SMILES string of the molecule is CC(NC(=O)CCl)c1ccc(OCC(F)(F)F)cn1. The normalized spacial score (nSPS) is 12.9. The zero-order chi connectivity index (χ0) is 14.5. The number of carbonyl (C=O) groups excluding carboxylic acids is 1. The number of ether oxygens (including phenoxy) is 1. The summed E-state index contributed by atoms with van der Waals surface area (Å²) in [7, 11) is 0. The molecule has 0 saturated carbocycles. The Labute approximate surface area is 112 Å². The molecule has 19 heavy (non-hydrogen) atoms. The largest absolute Gasteiger partial charge is 0.483 e. The highest BCUT2D eigenvalue weighted by Gasteiger charge is 2.28. The lowest BCUT2D eigenvalue weighted by molar-refractivity contribution is -0.153. The van der Waals surface area contributed by atoms with Gasteiger partial charge in [0.15, 0.2) is 6.61 Å². The van der Waals surface area contributed by atoms with Crippen molar-refractivity contribution in [2.45, 2.75) is 19.1 Å². The smallest absolute Gasteiger partial charge is 0.422 e. The van der Waals surface area contributed by atoms with Crippen LogP contribution >= 0.6 is 11.6 Å². The molecule has 0 aliphatic carbocycles. The molecule has 0 fully saturated rings. The Bertz CT molecular complexity index is 423. The van der Waals surface area contributed by atoms with Crippen LogP contribution < -0.4 is 10.1 Å². The molecule has 1 aromatic rings. The highest BCUT2D eigenvalue weighted by molar-refractivity contribution is 6.27. The minimum absolute atomic E-state index is 0.0111. The van der Waals surface area contributed by atoms with Crippen LogP contribution in [0, 0.1) is 0 Å². The average molecular weight is 297 g/mol. The third-order valence-electron chi connectivity index (χ3n) is 2.10. The second-order valence-electron chi connectivity index (χ2n) is 3.75. The van der Waals surface area contributed by atoms with Gasteiger partial charge in [-0.15, -0.1) is 11.6 Å². The zero-order valence-electron chi connectivity index (χ0n) is 10.00. The van der Waals surface area contributed by atoms with Crippen molar-refractivity contribution >= 4 is 17.5 Å². The van der Waals surface area contributed by atoms with E-state index in [0.717, 1.165) is 0 Å². The topological polar surface area (TPSA) is 51.2 Å². The molecule has 0 aliphatic heterocycles. The first-order chi connectivity index (χ1) is 8.81. The number of alkyl halides is 4. The van der Waals surface area contributed by atoms with Crippen molar-refractivity contribution in [3.8, 4) is 5.75 Å². The van der Waals surface area contributed by atoms with Crippen LogP contribution in [0.15, 0.2) is 18.3 Å². The van der Waals surface area contributed by atoms with Crippen molar-refractivity contribution in [1.29, 1.82) is 0 Å². The summed E-state index contributed by atoms with van der Waals surface area (Å²) in [6, 6.07) is 2.45. The van der Waals surface area contributed by atoms with Crippen LogP contribution in [0.5, 0.6) is 5.75 Å². The number of hydrogen-bond donors (Lipinski definition) is 1. The maximum absolute atomic E-state index is 11.9. The first kappa shape index (κ1) is 15.6. The molecule has 0 aromatic carbocycles. The monoisotopic (exact) mass is 296 g/mol. The number of hydrogen-bond acceptors (Lipinski definition) is 3. The molecule has 4 nitrogen and oxygen atoms in total. The Kier molecular flexibility index (Phi) is 5.41. The van der Waals surface area contributed by atoms with Gasteiger partial charge in [-0.25, -0.2) is 0 Å². The van der Waals surface area contributed by atoms with Gasteiger partial charge < -0.3 is 10.1 Å². The number of nitrogens with zero attached hydrogens (tertiary/aromatic N) is 1. The van der Waals surface area contributed by atoms with Crippen LogP contribution in [-0.4, -0.2) is 29.6 Å². The fraction of sp³-hybridized carbons (Fsp3) is 0.455. The molecule has 1 aromatic heterocycles. The van der Waals surface area contributed by atoms with Crippen LogP contribution in [0.4, 0.5) is 13.2 Å². The molecule has 1 N–H and O–H groups in total. The van der Waals surface area contributed by atoms with Gasteiger partial charge in [0.1, 0.15) is 11.6 Å². The molecular formula is C11H12ClF3N2O2. The van der Waals surface area contributed by atoms with E-state index < -0.39 is 12.8 Å². The van der Waals surface area contributed by atoms with Gasteiger partial charge in [-0.2, -0.15) is 13.2 Å². The molecule has 0 spiro atoms. The van der Waals surface area contributed by atoms with E-state index >= 15 is 0 Å². The number of nitrogens with one attached hydrogen (secondary N) is 1. The van der Waals surface area contributed by atoms with Gasteiger partial charge in [-0.1, -0.05) is 0 Å². The van der Waals surface area contributed by atoms with E-state index in [-0.39, 0.29) is 23.6 Å². The van der Waals surface area contributed by atoms with Gasteiger partial charge in [0, 0.05) is 0 Å². The summed E-state index contributed by atoms with van der Waals surface area (Å²) in [5.41, 5.74) is 0.498. The van der Waals surface area contributed by atoms with E-state index in [9.17, 15) is 18.0 Å². The summed E-state index contributed by atoms with van der Waals surface area (Å²) in [4.78, 5) is 15.0. The van der Waals surface area contributed by atoms with E-state index in [1.165, 1.54) is 18.3 Å². The van der Waals surface area contributed by atoms with Gasteiger partial charge in [-0.05, 0) is 19.1 Å². The van der Waals surface area contributed by atoms with Crippen LogP contribution in [0.1, 0.15) is 18.7 Å². The fourth-order valence-electron chi connectivity index (χ4n) is 1.25. The Balaban J connectivity index is 2.58. The quantitative estimate of drug-likeness (QED) is 0.849. The molecular weight excluding hydrogens is 285 g/mol. The second-order valence-corrected chi connectivity index (χ2v) is 4.01. The molecule has 1 atom stereocenters. The minimum atomic E-state index is -4.39. The van der Waals surface area contributed by atoms with E-state index in [1.807, 2.05) is 0 Å². The molecule has 1 unspecified atom stereocenters. The van der Waals surface area contributed by atoms with Crippen molar-refractivity contribution in [1.82, 2.24) is 10.3 Å². The summed E-state index contributed by atoms with van der Waals surface area (Å²) in [6.45, 7) is 0.315. The van der Waals surface area contributed by atoms with Gasteiger partial charge in [0.2, 0.25) is 5.91 Å². The molecule has 0 radical (unpaired) electrons. The Morgan fingerprint density at radius 3 is 2.68 bits per heavy atom. The minimum Gasteiger partial charge on any atom is -0.483 e. The first-order valence-corrected chi connectivity index (χ1v) is 5.86. The molecule has 0 aliphatic rings. The molecule has 0 bridgehead atoms. The number of aromatic nitrogens is 1. The number of rotatable bonds is 5. The predicted molar refractivity (Wildman–Crippen MR) is 63.1 cm³/mol. The van der Waals surface area contributed by atoms with Crippen LogP contribution in [0.3, 0.4) is 0 Å². The van der Waals surface area contributed by atoms with Gasteiger partial charge >= 0.3 is 6.18 Å². The highest BCUT2D eigenvalue weighted by atomic mass is 35.5. The summed E-state index contributed by atoms with van der Waals surface area (Å²) in [5, 5.41) is 2.57. The lowest BCUT2D eigenvalue weighted by Crippen LogP contribution is -2.28. The third kappa shape index (κ3) is 5.78. The molecule has 0 saturated heterocycles. The average Bonchev–Trinajstić information content (AvgIpc) is 2.36. The van der Waals surface area contributed by atoms with Crippen molar-refractivity contribution in [2.24, 2.45) is 0 Å². The molecule has 106 valence electrons. The second kappa shape index (κ2) is 6.60. The van der Waals surface area contributed by atoms with Gasteiger partial charge in [0.25, 0.3) is 0 Å². The standard InChI is InChI=1S/C11H12ClF3N2O2/c1-7(17-10(18)4-12)9-3-2-8(5-16-9)19-6-11(13,14)15/h2-3,5,7H,4,6H2,1H3,(H,17,18). The number of halogens is 4. The number of carbonyl (C=O) groups is 1. The Morgan fingerprint density at radius 2 is 2.21 bits per heavy atom. The van der Waals surface area contributed by atoms with Crippen molar-refractivity contribution in [3.05, 3.63) is 24.0 Å². The van der Waals surface area contributed by atoms with Gasteiger partial charge in [0.05, 0.1) is 17.9 Å². The maximum atomic E-state index is 11.9. The number of pyridine rings is 1. The van der Waals surface area contributed by atoms with E-state index in [4.69, 9.17) is 11.6 Å². The lowest BCUT2D eigenvalue weighted by Gasteiger charge is -2.13. The van der Waals surface area contributed by atoms with E-state index in [0.29, 0.717) is 5.69 Å². The maximum Gasteiger partial charge on any atom is 0.422 e. The van der Waals surface area contributed by atoms with Crippen LogP contribution in [0.2, 0.25) is 0 Å². The third-order valence-corrected chi connectivity index (χ3v) is 2.35. The van der Waals surface area contributed by atoms with Crippen molar-refractivity contribution in [3.63, 3.8) is 0 Å². The first-order valence-electron chi connectivity index (χ1n) is 5.32. The summed E-state index contributed by atoms with van der Waals surface area (Å²) >= 11 is 5.33. The summed E-state index contributed by atoms with van der Waals surface area (Å²) in [6.07, 6.45) is -3.22. The van der Waals surface area contributed by atoms with Crippen molar-refractivity contribution < 1.29 is 22.7 Å². The molecule has 1 rings (SSSR count). The molecule has 1 heterocycles. The Hall–Kier alpha value is -1.50. The predicted octanol–water partition coefficient (Wildman–Crippen LogP) is 2.44. The van der Waals surface area contributed by atoms with E-state index in [1.54, 1.807) is 6.92 Å². The molecule has 1 amide bonds. The van der Waals surface area contributed by atoms with E-state index in [2.05, 4.69) is 15.0 Å². The summed E-state index contributed by atoms with van der Waals surface area (Å²) in [5.74, 6) is -0.512. The van der Waals surface area contributed by atoms with Crippen LogP contribution in [-0.2, 0) is 4.79 Å². The van der Waals surface area contributed by atoms with Crippen molar-refractivity contribution in [2.75, 3.05) is 12.5 Å². The molecule has 8 heteroatoms.